The lowest BCUT2D eigenvalue weighted by Gasteiger charge is -2.42. The Morgan fingerprint density at radius 3 is 2.69 bits per heavy atom. The molecule has 1 aliphatic heterocycles. The maximum Gasteiger partial charge on any atom is 0.0219 e. The molecule has 76 valence electrons. The zero-order chi connectivity index (χ0) is 9.26. The highest BCUT2D eigenvalue weighted by Gasteiger charge is 2.28. The summed E-state index contributed by atoms with van der Waals surface area (Å²) in [6.07, 6.45) is 4.43. The first kappa shape index (κ1) is 9.47. The van der Waals surface area contributed by atoms with E-state index in [0.29, 0.717) is 6.04 Å². The van der Waals surface area contributed by atoms with E-state index < -0.39 is 0 Å². The van der Waals surface area contributed by atoms with Crippen molar-refractivity contribution in [1.29, 1.82) is 0 Å². The molecule has 1 saturated heterocycles. The van der Waals surface area contributed by atoms with Crippen molar-refractivity contribution in [1.82, 2.24) is 10.2 Å². The highest BCUT2D eigenvalue weighted by molar-refractivity contribution is 4.85. The van der Waals surface area contributed by atoms with Gasteiger partial charge < -0.3 is 5.32 Å². The molecule has 0 aromatic rings. The second kappa shape index (κ2) is 3.97. The minimum absolute atomic E-state index is 0.675. The number of nitrogens with one attached hydrogen (secondary N) is 1. The molecule has 0 aromatic carbocycles. The van der Waals surface area contributed by atoms with Crippen LogP contribution in [0, 0.1) is 5.92 Å². The summed E-state index contributed by atoms with van der Waals surface area (Å²) >= 11 is 0. The van der Waals surface area contributed by atoms with E-state index in [1.807, 2.05) is 0 Å². The lowest BCUT2D eigenvalue weighted by Crippen LogP contribution is -2.56. The van der Waals surface area contributed by atoms with E-state index in [4.69, 9.17) is 0 Å². The summed E-state index contributed by atoms with van der Waals surface area (Å²) in [6.45, 7) is 8.44. The molecule has 0 spiro atoms. The van der Waals surface area contributed by atoms with Crippen LogP contribution in [-0.2, 0) is 0 Å². The van der Waals surface area contributed by atoms with Gasteiger partial charge in [-0.2, -0.15) is 0 Å². The smallest absolute Gasteiger partial charge is 0.0219 e. The van der Waals surface area contributed by atoms with Crippen LogP contribution in [0.1, 0.15) is 33.1 Å². The quantitative estimate of drug-likeness (QED) is 0.695. The SMILES string of the molecule is CC1NCCN(CC2CCC2)C1C. The van der Waals surface area contributed by atoms with Crippen LogP contribution in [0.2, 0.25) is 0 Å². The first-order valence-electron chi connectivity index (χ1n) is 5.75. The number of hydrogen-bond donors (Lipinski definition) is 1. The van der Waals surface area contributed by atoms with E-state index in [1.54, 1.807) is 0 Å². The van der Waals surface area contributed by atoms with Gasteiger partial charge >= 0.3 is 0 Å². The Bertz CT molecular complexity index is 165. The van der Waals surface area contributed by atoms with Gasteiger partial charge in [-0.25, -0.2) is 0 Å². The van der Waals surface area contributed by atoms with Gasteiger partial charge in [0.1, 0.15) is 0 Å². The van der Waals surface area contributed by atoms with Crippen LogP contribution in [0.4, 0.5) is 0 Å². The van der Waals surface area contributed by atoms with E-state index >= 15 is 0 Å². The van der Waals surface area contributed by atoms with Crippen molar-refractivity contribution in [2.45, 2.75) is 45.2 Å². The van der Waals surface area contributed by atoms with Crippen molar-refractivity contribution in [3.8, 4) is 0 Å². The summed E-state index contributed by atoms with van der Waals surface area (Å²) in [7, 11) is 0. The minimum atomic E-state index is 0.675. The van der Waals surface area contributed by atoms with Gasteiger partial charge in [0.05, 0.1) is 0 Å². The van der Waals surface area contributed by atoms with Gasteiger partial charge in [0, 0.05) is 31.7 Å². The molecule has 0 bridgehead atoms. The lowest BCUT2D eigenvalue weighted by atomic mass is 9.84. The predicted octanol–water partition coefficient (Wildman–Crippen LogP) is 1.47. The van der Waals surface area contributed by atoms with E-state index in [1.165, 1.54) is 38.9 Å². The third-order valence-electron chi connectivity index (χ3n) is 3.88. The molecule has 1 N–H and O–H groups in total. The fourth-order valence-electron chi connectivity index (χ4n) is 2.39. The van der Waals surface area contributed by atoms with Gasteiger partial charge in [0.2, 0.25) is 0 Å². The summed E-state index contributed by atoms with van der Waals surface area (Å²) in [5.41, 5.74) is 0. The maximum absolute atomic E-state index is 3.53. The molecule has 1 heterocycles. The fraction of sp³-hybridized carbons (Fsp3) is 1.00. The molecule has 0 amide bonds. The van der Waals surface area contributed by atoms with E-state index in [2.05, 4.69) is 24.1 Å². The average Bonchev–Trinajstić information content (AvgIpc) is 2.04. The van der Waals surface area contributed by atoms with Gasteiger partial charge in [-0.15, -0.1) is 0 Å². The molecular formula is C11H22N2. The summed E-state index contributed by atoms with van der Waals surface area (Å²) in [5, 5.41) is 3.53. The molecule has 2 unspecified atom stereocenters. The van der Waals surface area contributed by atoms with Gasteiger partial charge in [-0.1, -0.05) is 6.42 Å². The molecule has 2 heteroatoms. The Morgan fingerprint density at radius 1 is 1.31 bits per heavy atom. The molecule has 0 radical (unpaired) electrons. The third kappa shape index (κ3) is 2.05. The maximum atomic E-state index is 3.53. The molecule has 13 heavy (non-hydrogen) atoms. The van der Waals surface area contributed by atoms with E-state index in [9.17, 15) is 0 Å². The Balaban J connectivity index is 1.82. The number of rotatable bonds is 2. The molecule has 2 aliphatic rings. The van der Waals surface area contributed by atoms with Crippen molar-refractivity contribution < 1.29 is 0 Å². The number of hydrogen-bond acceptors (Lipinski definition) is 2. The molecule has 0 aromatic heterocycles. The molecule has 2 fully saturated rings. The minimum Gasteiger partial charge on any atom is -0.311 e. The van der Waals surface area contributed by atoms with Crippen molar-refractivity contribution in [3.63, 3.8) is 0 Å². The lowest BCUT2D eigenvalue weighted by molar-refractivity contribution is 0.0954. The van der Waals surface area contributed by atoms with Crippen molar-refractivity contribution in [2.75, 3.05) is 19.6 Å². The predicted molar refractivity (Wildman–Crippen MR) is 55.8 cm³/mol. The molecular weight excluding hydrogens is 160 g/mol. The van der Waals surface area contributed by atoms with Gasteiger partial charge in [0.25, 0.3) is 0 Å². The normalized spacial score (nSPS) is 37.4. The Labute approximate surface area is 81.7 Å². The van der Waals surface area contributed by atoms with Crippen molar-refractivity contribution in [3.05, 3.63) is 0 Å². The van der Waals surface area contributed by atoms with Crippen LogP contribution in [0.3, 0.4) is 0 Å². The van der Waals surface area contributed by atoms with Crippen LogP contribution >= 0.6 is 0 Å². The molecule has 1 aliphatic carbocycles. The van der Waals surface area contributed by atoms with Gasteiger partial charge in [-0.05, 0) is 32.6 Å². The van der Waals surface area contributed by atoms with Crippen LogP contribution in [0.15, 0.2) is 0 Å². The van der Waals surface area contributed by atoms with Gasteiger partial charge in [-0.3, -0.25) is 4.90 Å². The van der Waals surface area contributed by atoms with Crippen molar-refractivity contribution in [2.24, 2.45) is 5.92 Å². The van der Waals surface area contributed by atoms with Gasteiger partial charge in [0.15, 0.2) is 0 Å². The zero-order valence-electron chi connectivity index (χ0n) is 8.92. The monoisotopic (exact) mass is 182 g/mol. The van der Waals surface area contributed by atoms with Crippen LogP contribution in [0.5, 0.6) is 0 Å². The van der Waals surface area contributed by atoms with Crippen LogP contribution in [0.25, 0.3) is 0 Å². The largest absolute Gasteiger partial charge is 0.311 e. The highest BCUT2D eigenvalue weighted by Crippen LogP contribution is 2.28. The third-order valence-corrected chi connectivity index (χ3v) is 3.88. The zero-order valence-corrected chi connectivity index (χ0v) is 8.92. The first-order chi connectivity index (χ1) is 6.27. The second-order valence-electron chi connectivity index (χ2n) is 4.78. The standard InChI is InChI=1S/C11H22N2/c1-9-10(2)13(7-6-12-9)8-11-4-3-5-11/h9-12H,3-8H2,1-2H3. The fourth-order valence-corrected chi connectivity index (χ4v) is 2.39. The Morgan fingerprint density at radius 2 is 2.08 bits per heavy atom. The van der Waals surface area contributed by atoms with Crippen LogP contribution in [-0.4, -0.2) is 36.6 Å². The summed E-state index contributed by atoms with van der Waals surface area (Å²) in [6, 6.07) is 1.41. The number of piperazine rings is 1. The van der Waals surface area contributed by atoms with E-state index in [-0.39, 0.29) is 0 Å². The molecule has 1 saturated carbocycles. The van der Waals surface area contributed by atoms with Crippen LogP contribution < -0.4 is 5.32 Å². The summed E-state index contributed by atoms with van der Waals surface area (Å²) in [5.74, 6) is 1.02. The summed E-state index contributed by atoms with van der Waals surface area (Å²) in [4.78, 5) is 2.67. The summed E-state index contributed by atoms with van der Waals surface area (Å²) < 4.78 is 0. The molecule has 2 atom stereocenters. The second-order valence-corrected chi connectivity index (χ2v) is 4.78. The Kier molecular flexibility index (Phi) is 2.89. The topological polar surface area (TPSA) is 15.3 Å². The number of nitrogens with zero attached hydrogens (tertiary/aromatic N) is 1. The average molecular weight is 182 g/mol. The highest BCUT2D eigenvalue weighted by atomic mass is 15.2. The van der Waals surface area contributed by atoms with E-state index in [0.717, 1.165) is 12.0 Å². The molecule has 2 rings (SSSR count). The first-order valence-corrected chi connectivity index (χ1v) is 5.75. The van der Waals surface area contributed by atoms with Crippen molar-refractivity contribution >= 4 is 0 Å². The Hall–Kier alpha value is -0.0800. The molecule has 2 nitrogen and oxygen atoms in total.